The molecule has 0 aliphatic carbocycles. The lowest BCUT2D eigenvalue weighted by Crippen LogP contribution is -2.15. The van der Waals surface area contributed by atoms with Crippen molar-refractivity contribution < 1.29 is 13.9 Å². The van der Waals surface area contributed by atoms with Crippen molar-refractivity contribution >= 4 is 11.5 Å². The number of nitrogens with one attached hydrogen (secondary N) is 1. The molecular formula is C8H7FN4O3. The van der Waals surface area contributed by atoms with Crippen LogP contribution in [0.2, 0.25) is 0 Å². The molecule has 2 aromatic heterocycles. The van der Waals surface area contributed by atoms with Gasteiger partial charge in [0.25, 0.3) is 5.56 Å². The van der Waals surface area contributed by atoms with E-state index in [1.807, 2.05) is 0 Å². The summed E-state index contributed by atoms with van der Waals surface area (Å²) >= 11 is 0. The van der Waals surface area contributed by atoms with E-state index in [0.29, 0.717) is 0 Å². The number of aromatic amines is 1. The molecule has 1 N–H and O–H groups in total. The van der Waals surface area contributed by atoms with Crippen LogP contribution in [0, 0.1) is 5.95 Å². The van der Waals surface area contributed by atoms with Crippen molar-refractivity contribution in [2.75, 3.05) is 6.61 Å². The Morgan fingerprint density at radius 3 is 3.12 bits per heavy atom. The molecule has 0 unspecified atom stereocenters. The Labute approximate surface area is 87.8 Å². The molecule has 2 rings (SSSR count). The smallest absolute Gasteiger partial charge is 0.345 e. The van der Waals surface area contributed by atoms with Gasteiger partial charge in [0.05, 0.1) is 6.61 Å². The highest BCUT2D eigenvalue weighted by Crippen LogP contribution is 2.11. The number of carbonyl (C=O) groups excluding carboxylic acids is 1. The summed E-state index contributed by atoms with van der Waals surface area (Å²) in [5.74, 6) is -2.02. The standard InChI is InChI=1S/C8H7FN4O3/c1-2-16-8(15)4-5-7(14)10-3-11-13(5)12-6(4)9/h3H,2H2,1H3,(H,10,11,14). The van der Waals surface area contributed by atoms with Gasteiger partial charge < -0.3 is 9.72 Å². The first-order chi connectivity index (χ1) is 7.65. The first kappa shape index (κ1) is 10.3. The van der Waals surface area contributed by atoms with Gasteiger partial charge in [-0.15, -0.1) is 14.8 Å². The van der Waals surface area contributed by atoms with Gasteiger partial charge in [0.1, 0.15) is 11.9 Å². The molecule has 84 valence electrons. The zero-order valence-corrected chi connectivity index (χ0v) is 8.23. The average molecular weight is 226 g/mol. The summed E-state index contributed by atoms with van der Waals surface area (Å²) in [5.41, 5.74) is -1.43. The maximum atomic E-state index is 13.3. The number of nitrogens with zero attached hydrogens (tertiary/aromatic N) is 3. The molecule has 8 heteroatoms. The van der Waals surface area contributed by atoms with Gasteiger partial charge in [-0.25, -0.2) is 4.79 Å². The molecule has 0 aromatic carbocycles. The zero-order valence-electron chi connectivity index (χ0n) is 8.23. The van der Waals surface area contributed by atoms with Crippen LogP contribution in [0.15, 0.2) is 11.1 Å². The Balaban J connectivity index is 2.73. The second kappa shape index (κ2) is 3.72. The zero-order chi connectivity index (χ0) is 11.7. The molecule has 0 aliphatic rings. The lowest BCUT2D eigenvalue weighted by Gasteiger charge is -1.98. The number of carbonyl (C=O) groups is 1. The summed E-state index contributed by atoms with van der Waals surface area (Å²) < 4.78 is 18.7. The maximum Gasteiger partial charge on any atom is 0.345 e. The minimum atomic E-state index is -1.08. The second-order valence-corrected chi connectivity index (χ2v) is 2.84. The van der Waals surface area contributed by atoms with Gasteiger partial charge in [-0.1, -0.05) is 0 Å². The quantitative estimate of drug-likeness (QED) is 0.712. The van der Waals surface area contributed by atoms with E-state index in [2.05, 4.69) is 19.9 Å². The number of H-pyrrole nitrogens is 1. The van der Waals surface area contributed by atoms with Crippen LogP contribution < -0.4 is 5.56 Å². The summed E-state index contributed by atoms with van der Waals surface area (Å²) in [4.78, 5) is 25.0. The Morgan fingerprint density at radius 2 is 2.44 bits per heavy atom. The minimum absolute atomic E-state index is 0.0772. The number of ether oxygens (including phenoxy) is 1. The molecule has 0 atom stereocenters. The monoisotopic (exact) mass is 226 g/mol. The van der Waals surface area contributed by atoms with Crippen LogP contribution in [-0.2, 0) is 4.74 Å². The highest BCUT2D eigenvalue weighted by atomic mass is 19.1. The van der Waals surface area contributed by atoms with Crippen LogP contribution in [0.3, 0.4) is 0 Å². The van der Waals surface area contributed by atoms with E-state index in [-0.39, 0.29) is 12.1 Å². The van der Waals surface area contributed by atoms with Crippen LogP contribution in [0.4, 0.5) is 4.39 Å². The first-order valence-electron chi connectivity index (χ1n) is 4.44. The Morgan fingerprint density at radius 1 is 1.69 bits per heavy atom. The molecule has 0 amide bonds. The van der Waals surface area contributed by atoms with E-state index in [1.54, 1.807) is 6.92 Å². The topological polar surface area (TPSA) is 89.3 Å². The highest BCUT2D eigenvalue weighted by Gasteiger charge is 2.23. The van der Waals surface area contributed by atoms with Gasteiger partial charge >= 0.3 is 5.97 Å². The summed E-state index contributed by atoms with van der Waals surface area (Å²) in [7, 11) is 0. The number of rotatable bonds is 2. The summed E-state index contributed by atoms with van der Waals surface area (Å²) in [5, 5.41) is 6.86. The van der Waals surface area contributed by atoms with E-state index in [0.717, 1.165) is 11.0 Å². The second-order valence-electron chi connectivity index (χ2n) is 2.84. The van der Waals surface area contributed by atoms with E-state index in [4.69, 9.17) is 0 Å². The minimum Gasteiger partial charge on any atom is -0.462 e. The molecule has 0 radical (unpaired) electrons. The number of aromatic nitrogens is 4. The molecule has 0 spiro atoms. The predicted octanol–water partition coefficient (Wildman–Crippen LogP) is -0.267. The largest absolute Gasteiger partial charge is 0.462 e. The molecular weight excluding hydrogens is 219 g/mol. The number of esters is 1. The average Bonchev–Trinajstić information content (AvgIpc) is 2.56. The lowest BCUT2D eigenvalue weighted by atomic mass is 10.3. The molecule has 7 nitrogen and oxygen atoms in total. The normalized spacial score (nSPS) is 10.6. The molecule has 0 saturated heterocycles. The summed E-state index contributed by atoms with van der Waals surface area (Å²) in [6, 6.07) is 0. The van der Waals surface area contributed by atoms with Gasteiger partial charge in [-0.2, -0.15) is 4.39 Å². The fourth-order valence-corrected chi connectivity index (χ4v) is 1.26. The molecule has 2 heterocycles. The molecule has 0 bridgehead atoms. The van der Waals surface area contributed by atoms with Crippen LogP contribution in [0.5, 0.6) is 0 Å². The van der Waals surface area contributed by atoms with Crippen molar-refractivity contribution in [3.63, 3.8) is 0 Å². The third-order valence-electron chi connectivity index (χ3n) is 1.88. The Kier molecular flexibility index (Phi) is 2.39. The van der Waals surface area contributed by atoms with Gasteiger partial charge in [0.15, 0.2) is 5.52 Å². The highest BCUT2D eigenvalue weighted by molar-refractivity contribution is 5.96. The number of hydrogen-bond donors (Lipinski definition) is 1. The van der Waals surface area contributed by atoms with E-state index < -0.39 is 23.0 Å². The number of hydrogen-bond acceptors (Lipinski definition) is 5. The molecule has 16 heavy (non-hydrogen) atoms. The van der Waals surface area contributed by atoms with Gasteiger partial charge in [-0.3, -0.25) is 4.79 Å². The maximum absolute atomic E-state index is 13.3. The fourth-order valence-electron chi connectivity index (χ4n) is 1.26. The number of halogens is 1. The Hall–Kier alpha value is -2.25. The van der Waals surface area contributed by atoms with E-state index in [9.17, 15) is 14.0 Å². The van der Waals surface area contributed by atoms with Crippen molar-refractivity contribution in [1.82, 2.24) is 19.8 Å². The fraction of sp³-hybridized carbons (Fsp3) is 0.250. The van der Waals surface area contributed by atoms with Crippen molar-refractivity contribution in [2.24, 2.45) is 0 Å². The molecule has 0 saturated carbocycles. The van der Waals surface area contributed by atoms with Crippen LogP contribution in [-0.4, -0.2) is 32.4 Å². The van der Waals surface area contributed by atoms with Crippen LogP contribution in [0.1, 0.15) is 17.3 Å². The summed E-state index contributed by atoms with van der Waals surface area (Å²) in [6.45, 7) is 1.65. The van der Waals surface area contributed by atoms with Crippen LogP contribution in [0.25, 0.3) is 5.52 Å². The van der Waals surface area contributed by atoms with Crippen molar-refractivity contribution in [3.8, 4) is 0 Å². The first-order valence-corrected chi connectivity index (χ1v) is 4.44. The molecule has 0 fully saturated rings. The lowest BCUT2D eigenvalue weighted by molar-refractivity contribution is 0.0523. The predicted molar refractivity (Wildman–Crippen MR) is 49.5 cm³/mol. The third-order valence-corrected chi connectivity index (χ3v) is 1.88. The van der Waals surface area contributed by atoms with E-state index >= 15 is 0 Å². The van der Waals surface area contributed by atoms with Crippen molar-refractivity contribution in [1.29, 1.82) is 0 Å². The Bertz CT molecular complexity index is 603. The third kappa shape index (κ3) is 1.44. The van der Waals surface area contributed by atoms with Gasteiger partial charge in [0, 0.05) is 0 Å². The van der Waals surface area contributed by atoms with Crippen molar-refractivity contribution in [2.45, 2.75) is 6.92 Å². The number of fused-ring (bicyclic) bond motifs is 1. The molecule has 0 aliphatic heterocycles. The van der Waals surface area contributed by atoms with Crippen LogP contribution >= 0.6 is 0 Å². The SMILES string of the molecule is CCOC(=O)c1c(F)nn2nc[nH]c(=O)c12. The van der Waals surface area contributed by atoms with Gasteiger partial charge in [0.2, 0.25) is 5.95 Å². The van der Waals surface area contributed by atoms with E-state index in [1.165, 1.54) is 0 Å². The molecule has 2 aromatic rings. The van der Waals surface area contributed by atoms with Gasteiger partial charge in [-0.05, 0) is 6.92 Å². The van der Waals surface area contributed by atoms with Crippen molar-refractivity contribution in [3.05, 3.63) is 28.2 Å². The summed E-state index contributed by atoms with van der Waals surface area (Å²) in [6.07, 6.45) is 1.05.